The van der Waals surface area contributed by atoms with E-state index in [4.69, 9.17) is 11.6 Å². The van der Waals surface area contributed by atoms with Crippen LogP contribution < -0.4 is 0 Å². The lowest BCUT2D eigenvalue weighted by atomic mass is 9.97. The Hall–Kier alpha value is -0.740. The molecule has 0 bridgehead atoms. The average Bonchev–Trinajstić information content (AvgIpc) is 1.97. The number of hydrogen-bond acceptors (Lipinski definition) is 1. The molecular weight excluding hydrogens is 217 g/mol. The Morgan fingerprint density at radius 3 is 2.14 bits per heavy atom. The number of rotatable bonds is 1. The minimum absolute atomic E-state index is 0.443. The van der Waals surface area contributed by atoms with Gasteiger partial charge in [0.25, 0.3) is 0 Å². The van der Waals surface area contributed by atoms with Crippen molar-refractivity contribution in [2.45, 2.75) is 19.4 Å². The minimum atomic E-state index is -1.74. The molecule has 1 nitrogen and oxygen atoms in total. The summed E-state index contributed by atoms with van der Waals surface area (Å²) in [5.41, 5.74) is -2.38. The Kier molecular flexibility index (Phi) is 2.78. The maximum absolute atomic E-state index is 13.2. The smallest absolute Gasteiger partial charge is 0.153 e. The summed E-state index contributed by atoms with van der Waals surface area (Å²) >= 11 is 5.23. The quantitative estimate of drug-likeness (QED) is 0.574. The fourth-order valence-corrected chi connectivity index (χ4v) is 1.28. The third kappa shape index (κ3) is 1.86. The zero-order valence-corrected chi connectivity index (χ0v) is 8.29. The summed E-state index contributed by atoms with van der Waals surface area (Å²) in [5, 5.41) is 8.59. The Balaban J connectivity index is 3.53. The summed E-state index contributed by atoms with van der Waals surface area (Å²) in [6.45, 7) is 2.37. The molecule has 0 aliphatic rings. The molecule has 1 aromatic carbocycles. The van der Waals surface area contributed by atoms with Gasteiger partial charge in [-0.2, -0.15) is 0 Å². The maximum Gasteiger partial charge on any atom is 0.153 e. The van der Waals surface area contributed by atoms with Crippen LogP contribution >= 0.6 is 11.6 Å². The van der Waals surface area contributed by atoms with Crippen LogP contribution in [0, 0.1) is 17.5 Å². The fourth-order valence-electron chi connectivity index (χ4n) is 1.13. The van der Waals surface area contributed by atoms with Crippen molar-refractivity contribution < 1.29 is 18.3 Å². The molecule has 5 heteroatoms. The predicted molar refractivity (Wildman–Crippen MR) is 46.6 cm³/mol. The summed E-state index contributed by atoms with van der Waals surface area (Å²) < 4.78 is 39.1. The van der Waals surface area contributed by atoms with Crippen LogP contribution in [-0.4, -0.2) is 5.11 Å². The van der Waals surface area contributed by atoms with E-state index in [1.165, 1.54) is 13.8 Å². The number of halogens is 4. The molecule has 0 aliphatic heterocycles. The molecule has 0 heterocycles. The second-order valence-electron chi connectivity index (χ2n) is 3.40. The molecule has 1 N–H and O–H groups in total. The van der Waals surface area contributed by atoms with Gasteiger partial charge in [-0.25, -0.2) is 13.2 Å². The van der Waals surface area contributed by atoms with Crippen LogP contribution in [0.25, 0.3) is 0 Å². The van der Waals surface area contributed by atoms with Gasteiger partial charge in [-0.1, -0.05) is 11.6 Å². The molecule has 0 aliphatic carbocycles. The molecule has 0 unspecified atom stereocenters. The molecule has 14 heavy (non-hydrogen) atoms. The van der Waals surface area contributed by atoms with Crippen molar-refractivity contribution in [3.63, 3.8) is 0 Å². The standard InChI is InChI=1S/C9H8ClF3O/c1-9(2,14)6-4(11)3-5(12)7(10)8(6)13/h3,14H,1-2H3. The van der Waals surface area contributed by atoms with E-state index in [1.54, 1.807) is 0 Å². The highest BCUT2D eigenvalue weighted by Gasteiger charge is 2.28. The number of benzene rings is 1. The van der Waals surface area contributed by atoms with Crippen LogP contribution in [0.3, 0.4) is 0 Å². The molecule has 0 saturated heterocycles. The first-order valence-electron chi connectivity index (χ1n) is 3.81. The van der Waals surface area contributed by atoms with Crippen molar-refractivity contribution in [2.75, 3.05) is 0 Å². The largest absolute Gasteiger partial charge is 0.386 e. The SMILES string of the molecule is CC(C)(O)c1c(F)cc(F)c(Cl)c1F. The predicted octanol–water partition coefficient (Wildman–Crippen LogP) is 2.98. The first kappa shape index (κ1) is 11.3. The van der Waals surface area contributed by atoms with Crippen LogP contribution in [0.4, 0.5) is 13.2 Å². The minimum Gasteiger partial charge on any atom is -0.386 e. The second-order valence-corrected chi connectivity index (χ2v) is 3.78. The van der Waals surface area contributed by atoms with Crippen molar-refractivity contribution in [1.29, 1.82) is 0 Å². The highest BCUT2D eigenvalue weighted by Crippen LogP contribution is 2.31. The van der Waals surface area contributed by atoms with Gasteiger partial charge < -0.3 is 5.11 Å². The third-order valence-electron chi connectivity index (χ3n) is 1.73. The lowest BCUT2D eigenvalue weighted by Crippen LogP contribution is -2.20. The Labute approximate surface area is 84.1 Å². The normalized spacial score (nSPS) is 11.9. The molecule has 0 spiro atoms. The molecule has 0 saturated carbocycles. The zero-order chi connectivity index (χ0) is 11.1. The van der Waals surface area contributed by atoms with E-state index >= 15 is 0 Å². The van der Waals surface area contributed by atoms with Crippen molar-refractivity contribution >= 4 is 11.6 Å². The Morgan fingerprint density at radius 2 is 1.71 bits per heavy atom. The Morgan fingerprint density at radius 1 is 1.21 bits per heavy atom. The van der Waals surface area contributed by atoms with E-state index in [0.717, 1.165) is 0 Å². The third-order valence-corrected chi connectivity index (χ3v) is 2.07. The van der Waals surface area contributed by atoms with E-state index in [0.29, 0.717) is 6.07 Å². The van der Waals surface area contributed by atoms with Crippen molar-refractivity contribution in [3.05, 3.63) is 34.1 Å². The first-order chi connectivity index (χ1) is 6.25. The second kappa shape index (κ2) is 3.44. The summed E-state index contributed by atoms with van der Waals surface area (Å²) in [4.78, 5) is 0. The number of hydrogen-bond donors (Lipinski definition) is 1. The van der Waals surface area contributed by atoms with Gasteiger partial charge in [0, 0.05) is 6.07 Å². The summed E-state index contributed by atoms with van der Waals surface area (Å²) in [7, 11) is 0. The molecule has 78 valence electrons. The van der Waals surface area contributed by atoms with Crippen molar-refractivity contribution in [3.8, 4) is 0 Å². The van der Waals surface area contributed by atoms with E-state index < -0.39 is 33.6 Å². The molecular formula is C9H8ClF3O. The van der Waals surface area contributed by atoms with Gasteiger partial charge in [0.1, 0.15) is 16.7 Å². The molecule has 0 atom stereocenters. The molecule has 1 aromatic rings. The molecule has 0 amide bonds. The molecule has 0 fully saturated rings. The van der Waals surface area contributed by atoms with Gasteiger partial charge in [0.05, 0.1) is 11.2 Å². The summed E-state index contributed by atoms with van der Waals surface area (Å²) in [6, 6.07) is 0.443. The van der Waals surface area contributed by atoms with Crippen LogP contribution in [-0.2, 0) is 5.60 Å². The van der Waals surface area contributed by atoms with E-state index in [9.17, 15) is 18.3 Å². The molecule has 0 radical (unpaired) electrons. The van der Waals surface area contributed by atoms with Gasteiger partial charge in [0.2, 0.25) is 0 Å². The lowest BCUT2D eigenvalue weighted by Gasteiger charge is -2.19. The van der Waals surface area contributed by atoms with Crippen LogP contribution in [0.15, 0.2) is 6.07 Å². The van der Waals surface area contributed by atoms with Crippen LogP contribution in [0.2, 0.25) is 5.02 Å². The number of aliphatic hydroxyl groups is 1. The summed E-state index contributed by atoms with van der Waals surface area (Å²) in [6.07, 6.45) is 0. The highest BCUT2D eigenvalue weighted by atomic mass is 35.5. The van der Waals surface area contributed by atoms with E-state index in [2.05, 4.69) is 0 Å². The lowest BCUT2D eigenvalue weighted by molar-refractivity contribution is 0.0700. The van der Waals surface area contributed by atoms with Gasteiger partial charge in [-0.3, -0.25) is 0 Å². The molecule has 0 aromatic heterocycles. The average molecular weight is 225 g/mol. The van der Waals surface area contributed by atoms with Crippen molar-refractivity contribution in [2.24, 2.45) is 0 Å². The van der Waals surface area contributed by atoms with Gasteiger partial charge in [-0.05, 0) is 13.8 Å². The Bertz CT molecular complexity index is 371. The maximum atomic E-state index is 13.2. The van der Waals surface area contributed by atoms with Crippen LogP contribution in [0.5, 0.6) is 0 Å². The fraction of sp³-hybridized carbons (Fsp3) is 0.333. The molecule has 1 rings (SSSR count). The topological polar surface area (TPSA) is 20.2 Å². The van der Waals surface area contributed by atoms with Crippen LogP contribution in [0.1, 0.15) is 19.4 Å². The highest BCUT2D eigenvalue weighted by molar-refractivity contribution is 6.31. The van der Waals surface area contributed by atoms with Gasteiger partial charge in [-0.15, -0.1) is 0 Å². The van der Waals surface area contributed by atoms with Gasteiger partial charge in [0.15, 0.2) is 5.82 Å². The van der Waals surface area contributed by atoms with Crippen molar-refractivity contribution in [1.82, 2.24) is 0 Å². The summed E-state index contributed by atoms with van der Waals surface area (Å²) in [5.74, 6) is -3.61. The van der Waals surface area contributed by atoms with E-state index in [-0.39, 0.29) is 0 Å². The van der Waals surface area contributed by atoms with Gasteiger partial charge >= 0.3 is 0 Å². The monoisotopic (exact) mass is 224 g/mol. The van der Waals surface area contributed by atoms with E-state index in [1.807, 2.05) is 0 Å². The first-order valence-corrected chi connectivity index (χ1v) is 4.18. The zero-order valence-electron chi connectivity index (χ0n) is 7.54.